The molecule has 2 heterocycles. The van der Waals surface area contributed by atoms with Gasteiger partial charge in [0.2, 0.25) is 5.90 Å². The number of carbonyl (C=O) groups excluding carboxylic acids is 1. The number of esters is 1. The number of aliphatic imine (C=N–C) groups is 1. The van der Waals surface area contributed by atoms with Crippen molar-refractivity contribution in [2.75, 3.05) is 20.3 Å². The van der Waals surface area contributed by atoms with Crippen LogP contribution in [0.15, 0.2) is 51.8 Å². The highest BCUT2D eigenvalue weighted by molar-refractivity contribution is 6.03. The molecule has 8 heteroatoms. The van der Waals surface area contributed by atoms with E-state index >= 15 is 0 Å². The maximum atomic E-state index is 13.7. The number of carbonyl (C=O) groups is 1. The van der Waals surface area contributed by atoms with Gasteiger partial charge in [-0.05, 0) is 25.5 Å². The molecule has 1 aromatic rings. The van der Waals surface area contributed by atoms with Gasteiger partial charge in [0.1, 0.15) is 0 Å². The van der Waals surface area contributed by atoms with Crippen LogP contribution in [0.2, 0.25) is 0 Å². The zero-order valence-electron chi connectivity index (χ0n) is 15.1. The predicted octanol–water partition coefficient (Wildman–Crippen LogP) is 3.54. The number of alkyl halides is 3. The highest BCUT2D eigenvalue weighted by Gasteiger charge is 2.44. The highest BCUT2D eigenvalue weighted by Crippen LogP contribution is 2.45. The summed E-state index contributed by atoms with van der Waals surface area (Å²) in [5.41, 5.74) is 0.789. The maximum Gasteiger partial charge on any atom is 0.416 e. The summed E-state index contributed by atoms with van der Waals surface area (Å²) >= 11 is 0. The van der Waals surface area contributed by atoms with E-state index in [1.165, 1.54) is 25.3 Å². The monoisotopic (exact) mass is 380 g/mol. The van der Waals surface area contributed by atoms with Gasteiger partial charge in [-0.3, -0.25) is 0 Å². The van der Waals surface area contributed by atoms with E-state index in [4.69, 9.17) is 9.47 Å². The molecule has 27 heavy (non-hydrogen) atoms. The molecule has 1 aromatic carbocycles. The summed E-state index contributed by atoms with van der Waals surface area (Å²) in [6.07, 6.45) is -4.57. The normalized spacial score (nSPS) is 19.5. The topological polar surface area (TPSA) is 59.9 Å². The molecule has 144 valence electrons. The lowest BCUT2D eigenvalue weighted by atomic mass is 9.78. The molecule has 1 unspecified atom stereocenters. The Morgan fingerprint density at radius 1 is 1.33 bits per heavy atom. The van der Waals surface area contributed by atoms with Gasteiger partial charge in [-0.25, -0.2) is 9.79 Å². The minimum Gasteiger partial charge on any atom is -0.481 e. The number of nitrogens with one attached hydrogen (secondary N) is 1. The van der Waals surface area contributed by atoms with Crippen LogP contribution in [0.5, 0.6) is 0 Å². The summed E-state index contributed by atoms with van der Waals surface area (Å²) in [6, 6.07) is 5.22. The summed E-state index contributed by atoms with van der Waals surface area (Å²) in [5, 5.41) is 3.07. The third-order valence-corrected chi connectivity index (χ3v) is 4.52. The maximum absolute atomic E-state index is 13.7. The molecule has 2 aliphatic rings. The van der Waals surface area contributed by atoms with Gasteiger partial charge in [0, 0.05) is 17.0 Å². The highest BCUT2D eigenvalue weighted by atomic mass is 19.4. The van der Waals surface area contributed by atoms with E-state index in [-0.39, 0.29) is 30.2 Å². The Morgan fingerprint density at radius 2 is 2.04 bits per heavy atom. The zero-order chi connectivity index (χ0) is 19.8. The van der Waals surface area contributed by atoms with Crippen LogP contribution in [0, 0.1) is 0 Å². The molecule has 0 aromatic heterocycles. The number of benzene rings is 1. The van der Waals surface area contributed by atoms with Crippen LogP contribution in [0.4, 0.5) is 13.2 Å². The minimum absolute atomic E-state index is 0.0342. The van der Waals surface area contributed by atoms with Crippen molar-refractivity contribution >= 4 is 11.9 Å². The summed E-state index contributed by atoms with van der Waals surface area (Å²) in [7, 11) is 1.40. The van der Waals surface area contributed by atoms with Crippen molar-refractivity contribution < 1.29 is 27.4 Å². The lowest BCUT2D eigenvalue weighted by molar-refractivity contribution is -0.140. The number of rotatable bonds is 3. The second kappa shape index (κ2) is 7.09. The molecule has 0 saturated heterocycles. The molecule has 5 nitrogen and oxygen atoms in total. The Morgan fingerprint density at radius 3 is 2.67 bits per heavy atom. The summed E-state index contributed by atoms with van der Waals surface area (Å²) in [4.78, 5) is 16.9. The molecule has 0 spiro atoms. The van der Waals surface area contributed by atoms with Gasteiger partial charge in [0.25, 0.3) is 0 Å². The van der Waals surface area contributed by atoms with E-state index in [9.17, 15) is 18.0 Å². The molecule has 3 rings (SSSR count). The largest absolute Gasteiger partial charge is 0.481 e. The van der Waals surface area contributed by atoms with Crippen LogP contribution >= 0.6 is 0 Å². The minimum atomic E-state index is -4.57. The van der Waals surface area contributed by atoms with Crippen molar-refractivity contribution in [3.63, 3.8) is 0 Å². The van der Waals surface area contributed by atoms with Crippen molar-refractivity contribution in [2.45, 2.75) is 25.9 Å². The van der Waals surface area contributed by atoms with Gasteiger partial charge in [0.05, 0.1) is 37.3 Å². The molecule has 0 saturated carbocycles. The van der Waals surface area contributed by atoms with Crippen LogP contribution in [-0.4, -0.2) is 32.1 Å². The summed E-state index contributed by atoms with van der Waals surface area (Å²) in [5.74, 6) is -1.44. The molecule has 1 atom stereocenters. The van der Waals surface area contributed by atoms with Gasteiger partial charge in [-0.2, -0.15) is 13.2 Å². The van der Waals surface area contributed by atoms with E-state index in [1.807, 2.05) is 0 Å². The first-order valence-electron chi connectivity index (χ1n) is 8.42. The van der Waals surface area contributed by atoms with Crippen molar-refractivity contribution in [1.29, 1.82) is 0 Å². The first-order valence-corrected chi connectivity index (χ1v) is 8.42. The number of methoxy groups -OCH3 is 1. The molecule has 0 radical (unpaired) electrons. The molecule has 0 amide bonds. The van der Waals surface area contributed by atoms with Gasteiger partial charge in [-0.15, -0.1) is 0 Å². The number of dihydropyridines is 1. The van der Waals surface area contributed by atoms with Gasteiger partial charge >= 0.3 is 12.1 Å². The number of halogens is 3. The predicted molar refractivity (Wildman–Crippen MR) is 93.0 cm³/mol. The van der Waals surface area contributed by atoms with Crippen LogP contribution in [0.1, 0.15) is 30.9 Å². The quantitative estimate of drug-likeness (QED) is 0.815. The molecule has 0 bridgehead atoms. The Kier molecular flexibility index (Phi) is 4.99. The average Bonchev–Trinajstić information content (AvgIpc) is 3.02. The van der Waals surface area contributed by atoms with Crippen molar-refractivity contribution in [2.24, 2.45) is 4.99 Å². The lowest BCUT2D eigenvalue weighted by Crippen LogP contribution is -2.32. The van der Waals surface area contributed by atoms with Crippen LogP contribution in [0.25, 0.3) is 0 Å². The third kappa shape index (κ3) is 3.31. The molecule has 2 aliphatic heterocycles. The number of hydrogen-bond donors (Lipinski definition) is 1. The Hall–Kier alpha value is -2.77. The first-order chi connectivity index (χ1) is 12.8. The molecular weight excluding hydrogens is 361 g/mol. The van der Waals surface area contributed by atoms with E-state index < -0.39 is 23.6 Å². The van der Waals surface area contributed by atoms with Crippen molar-refractivity contribution in [1.82, 2.24) is 5.32 Å². The van der Waals surface area contributed by atoms with E-state index in [2.05, 4.69) is 10.3 Å². The Labute approximate surface area is 154 Å². The fourth-order valence-electron chi connectivity index (χ4n) is 3.48. The second-order valence-corrected chi connectivity index (χ2v) is 6.12. The average molecular weight is 380 g/mol. The van der Waals surface area contributed by atoms with E-state index in [1.54, 1.807) is 13.8 Å². The Bertz CT molecular complexity index is 869. The number of nitrogens with zero attached hydrogens (tertiary/aromatic N) is 1. The fourth-order valence-corrected chi connectivity index (χ4v) is 3.48. The van der Waals surface area contributed by atoms with Crippen molar-refractivity contribution in [3.05, 3.63) is 57.9 Å². The Balaban J connectivity index is 2.25. The number of ether oxygens (including phenoxy) is 2. The van der Waals surface area contributed by atoms with Gasteiger partial charge in [0.15, 0.2) is 0 Å². The van der Waals surface area contributed by atoms with E-state index in [0.717, 1.165) is 6.07 Å². The smallest absolute Gasteiger partial charge is 0.416 e. The summed E-state index contributed by atoms with van der Waals surface area (Å²) in [6.45, 7) is 3.64. The van der Waals surface area contributed by atoms with E-state index in [0.29, 0.717) is 17.0 Å². The third-order valence-electron chi connectivity index (χ3n) is 4.52. The standard InChI is InChI=1S/C19H19F3N2O3/c1-4-27-18(25)14-10(2)24-13-9-23-17(26-3)16(13)15(14)11-7-5-6-8-12(11)19(20,21)22/h5-8,15,24H,4,9H2,1-3H3. The molecule has 0 fully saturated rings. The zero-order valence-corrected chi connectivity index (χ0v) is 15.1. The first kappa shape index (κ1) is 19.0. The van der Waals surface area contributed by atoms with Crippen molar-refractivity contribution in [3.8, 4) is 0 Å². The number of allylic oxidation sites excluding steroid dienone is 1. The molecule has 1 N–H and O–H groups in total. The number of hydrogen-bond acceptors (Lipinski definition) is 5. The van der Waals surface area contributed by atoms with Crippen LogP contribution in [0.3, 0.4) is 0 Å². The van der Waals surface area contributed by atoms with Crippen LogP contribution in [-0.2, 0) is 20.4 Å². The molecule has 0 aliphatic carbocycles. The second-order valence-electron chi connectivity index (χ2n) is 6.12. The summed E-state index contributed by atoms with van der Waals surface area (Å²) < 4.78 is 51.4. The SMILES string of the molecule is CCOC(=O)C1=C(C)NC2=C(C(OC)=NC2)C1c1ccccc1C(F)(F)F. The lowest BCUT2D eigenvalue weighted by Gasteiger charge is -2.31. The van der Waals surface area contributed by atoms with Gasteiger partial charge in [-0.1, -0.05) is 18.2 Å². The fraction of sp³-hybridized carbons (Fsp3) is 0.368. The molecular formula is C19H19F3N2O3. The van der Waals surface area contributed by atoms with Gasteiger partial charge < -0.3 is 14.8 Å². The van der Waals surface area contributed by atoms with Crippen LogP contribution < -0.4 is 5.32 Å².